The van der Waals surface area contributed by atoms with Gasteiger partial charge in [-0.2, -0.15) is 0 Å². The second-order valence-corrected chi connectivity index (χ2v) is 4.90. The van der Waals surface area contributed by atoms with Crippen LogP contribution in [0.1, 0.15) is 5.56 Å². The molecule has 2 heterocycles. The molecule has 4 nitrogen and oxygen atoms in total. The van der Waals surface area contributed by atoms with Gasteiger partial charge in [-0.1, -0.05) is 18.2 Å². The molecule has 0 aliphatic rings. The average Bonchev–Trinajstić information content (AvgIpc) is 2.55. The second-order valence-electron chi connectivity index (χ2n) is 4.90. The van der Waals surface area contributed by atoms with Gasteiger partial charge in [-0.05, 0) is 18.6 Å². The number of ether oxygens (including phenoxy) is 2. The number of hydrogen-bond donors (Lipinski definition) is 0. The number of rotatable bonds is 3. The van der Waals surface area contributed by atoms with Gasteiger partial charge in [0.15, 0.2) is 5.75 Å². The minimum absolute atomic E-state index is 0.246. The van der Waals surface area contributed by atoms with Crippen molar-refractivity contribution in [3.05, 3.63) is 47.9 Å². The van der Waals surface area contributed by atoms with Crippen molar-refractivity contribution in [2.45, 2.75) is 6.92 Å². The molecule has 3 aromatic rings. The second kappa shape index (κ2) is 5.60. The smallest absolute Gasteiger partial charge is 0.257 e. The highest BCUT2D eigenvalue weighted by atomic mass is 19.1. The molecule has 3 rings (SSSR count). The molecule has 5 heteroatoms. The topological polar surface area (TPSA) is 44.2 Å². The van der Waals surface area contributed by atoms with E-state index in [2.05, 4.69) is 9.97 Å². The molecule has 0 spiro atoms. The van der Waals surface area contributed by atoms with Crippen LogP contribution in [-0.4, -0.2) is 24.2 Å². The lowest BCUT2D eigenvalue weighted by Gasteiger charge is -2.09. The maximum Gasteiger partial charge on any atom is 0.257 e. The molecule has 0 bridgehead atoms. The van der Waals surface area contributed by atoms with Crippen LogP contribution in [0.25, 0.3) is 22.2 Å². The van der Waals surface area contributed by atoms with Gasteiger partial charge < -0.3 is 9.47 Å². The summed E-state index contributed by atoms with van der Waals surface area (Å²) in [6.45, 7) is 1.74. The summed E-state index contributed by atoms with van der Waals surface area (Å²) in [7, 11) is 3.07. The number of benzene rings is 1. The Morgan fingerprint density at radius 3 is 2.59 bits per heavy atom. The first-order valence-electron chi connectivity index (χ1n) is 6.78. The number of methoxy groups -OCH3 is 2. The summed E-state index contributed by atoms with van der Waals surface area (Å²) >= 11 is 0. The summed E-state index contributed by atoms with van der Waals surface area (Å²) in [4.78, 5) is 8.72. The molecule has 0 saturated heterocycles. The van der Waals surface area contributed by atoms with Gasteiger partial charge in [0.05, 0.1) is 25.3 Å². The van der Waals surface area contributed by atoms with Crippen molar-refractivity contribution in [3.63, 3.8) is 0 Å². The van der Waals surface area contributed by atoms with Gasteiger partial charge in [0.1, 0.15) is 5.82 Å². The van der Waals surface area contributed by atoms with Crippen LogP contribution in [0.5, 0.6) is 11.6 Å². The van der Waals surface area contributed by atoms with Crippen LogP contribution in [0.15, 0.2) is 36.5 Å². The van der Waals surface area contributed by atoms with Crippen LogP contribution in [0, 0.1) is 12.7 Å². The zero-order valence-corrected chi connectivity index (χ0v) is 12.6. The van der Waals surface area contributed by atoms with Crippen LogP contribution >= 0.6 is 0 Å². The van der Waals surface area contributed by atoms with Crippen molar-refractivity contribution in [1.82, 2.24) is 9.97 Å². The normalized spacial score (nSPS) is 10.7. The Morgan fingerprint density at radius 2 is 1.86 bits per heavy atom. The monoisotopic (exact) mass is 298 g/mol. The largest absolute Gasteiger partial charge is 0.491 e. The Balaban J connectivity index is 2.19. The average molecular weight is 298 g/mol. The third-order valence-corrected chi connectivity index (χ3v) is 3.51. The minimum atomic E-state index is -0.246. The Bertz CT molecular complexity index is 849. The molecule has 0 N–H and O–H groups in total. The van der Waals surface area contributed by atoms with Crippen molar-refractivity contribution < 1.29 is 13.9 Å². The molecule has 2 aromatic heterocycles. The highest BCUT2D eigenvalue weighted by Crippen LogP contribution is 2.31. The number of pyridine rings is 2. The minimum Gasteiger partial charge on any atom is -0.491 e. The van der Waals surface area contributed by atoms with E-state index in [4.69, 9.17) is 9.47 Å². The quantitative estimate of drug-likeness (QED) is 0.738. The van der Waals surface area contributed by atoms with Crippen LogP contribution in [0.3, 0.4) is 0 Å². The number of aryl methyl sites for hydroxylation is 1. The molecule has 112 valence electrons. The van der Waals surface area contributed by atoms with Gasteiger partial charge in [0, 0.05) is 23.4 Å². The Morgan fingerprint density at radius 1 is 1.05 bits per heavy atom. The van der Waals surface area contributed by atoms with E-state index in [1.165, 1.54) is 7.11 Å². The van der Waals surface area contributed by atoms with Gasteiger partial charge >= 0.3 is 0 Å². The van der Waals surface area contributed by atoms with Crippen molar-refractivity contribution in [2.75, 3.05) is 14.2 Å². The molecule has 0 amide bonds. The van der Waals surface area contributed by atoms with E-state index in [9.17, 15) is 4.39 Å². The molecule has 0 atom stereocenters. The third kappa shape index (κ3) is 2.35. The lowest BCUT2D eigenvalue weighted by molar-refractivity contribution is 0.344. The van der Waals surface area contributed by atoms with Crippen LogP contribution < -0.4 is 9.47 Å². The zero-order chi connectivity index (χ0) is 15.7. The van der Waals surface area contributed by atoms with E-state index in [0.29, 0.717) is 39.4 Å². The maximum absolute atomic E-state index is 14.3. The van der Waals surface area contributed by atoms with Crippen molar-refractivity contribution in [1.29, 1.82) is 0 Å². The molecular weight excluding hydrogens is 283 g/mol. The van der Waals surface area contributed by atoms with E-state index < -0.39 is 0 Å². The third-order valence-electron chi connectivity index (χ3n) is 3.51. The summed E-state index contributed by atoms with van der Waals surface area (Å²) in [5.74, 6) is 0.639. The standard InChI is InChI=1S/C17H15FN2O2/c1-10-5-4-6-12(16(10)18)11-7-14-13(19-9-11)8-15(21-2)17(20-14)22-3/h4-9H,1-3H3. The van der Waals surface area contributed by atoms with Crippen molar-refractivity contribution >= 4 is 11.0 Å². The van der Waals surface area contributed by atoms with Crippen molar-refractivity contribution in [3.8, 4) is 22.8 Å². The molecular formula is C17H15FN2O2. The predicted molar refractivity (Wildman–Crippen MR) is 82.8 cm³/mol. The van der Waals surface area contributed by atoms with E-state index in [-0.39, 0.29) is 5.82 Å². The fourth-order valence-electron chi connectivity index (χ4n) is 2.33. The Hall–Kier alpha value is -2.69. The van der Waals surface area contributed by atoms with Crippen LogP contribution in [0.2, 0.25) is 0 Å². The summed E-state index contributed by atoms with van der Waals surface area (Å²) < 4.78 is 24.7. The highest BCUT2D eigenvalue weighted by Gasteiger charge is 2.12. The summed E-state index contributed by atoms with van der Waals surface area (Å²) in [6.07, 6.45) is 1.63. The van der Waals surface area contributed by atoms with E-state index in [1.807, 2.05) is 6.07 Å². The van der Waals surface area contributed by atoms with Gasteiger partial charge in [0.2, 0.25) is 0 Å². The SMILES string of the molecule is COc1cc2ncc(-c3cccc(C)c3F)cc2nc1OC. The van der Waals surface area contributed by atoms with E-state index in [1.54, 1.807) is 44.5 Å². The zero-order valence-electron chi connectivity index (χ0n) is 12.6. The van der Waals surface area contributed by atoms with Crippen molar-refractivity contribution in [2.24, 2.45) is 0 Å². The molecule has 22 heavy (non-hydrogen) atoms. The van der Waals surface area contributed by atoms with Crippen LogP contribution in [0.4, 0.5) is 4.39 Å². The first kappa shape index (κ1) is 14.3. The lowest BCUT2D eigenvalue weighted by Crippen LogP contribution is -1.96. The Labute approximate surface area is 127 Å². The summed E-state index contributed by atoms with van der Waals surface area (Å²) in [6, 6.07) is 8.82. The highest BCUT2D eigenvalue weighted by molar-refractivity contribution is 5.82. The molecule has 1 aromatic carbocycles. The molecule has 0 saturated carbocycles. The number of aromatic nitrogens is 2. The Kier molecular flexibility index (Phi) is 3.63. The molecule has 0 radical (unpaired) electrons. The van der Waals surface area contributed by atoms with E-state index in [0.717, 1.165) is 0 Å². The number of hydrogen-bond acceptors (Lipinski definition) is 4. The fourth-order valence-corrected chi connectivity index (χ4v) is 2.33. The van der Waals surface area contributed by atoms with Gasteiger partial charge in [-0.25, -0.2) is 9.37 Å². The van der Waals surface area contributed by atoms with Gasteiger partial charge in [0.25, 0.3) is 5.88 Å². The van der Waals surface area contributed by atoms with Gasteiger partial charge in [-0.15, -0.1) is 0 Å². The summed E-state index contributed by atoms with van der Waals surface area (Å²) in [5.41, 5.74) is 3.06. The number of fused-ring (bicyclic) bond motifs is 1. The molecule has 0 unspecified atom stereocenters. The number of halogens is 1. The van der Waals surface area contributed by atoms with Crippen LogP contribution in [-0.2, 0) is 0 Å². The fraction of sp³-hybridized carbons (Fsp3) is 0.176. The molecule has 0 fully saturated rings. The number of nitrogens with zero attached hydrogens (tertiary/aromatic N) is 2. The lowest BCUT2D eigenvalue weighted by atomic mass is 10.0. The first-order chi connectivity index (χ1) is 10.6. The van der Waals surface area contributed by atoms with E-state index >= 15 is 0 Å². The predicted octanol–water partition coefficient (Wildman–Crippen LogP) is 3.76. The summed E-state index contributed by atoms with van der Waals surface area (Å²) in [5, 5.41) is 0. The molecule has 0 aliphatic heterocycles. The van der Waals surface area contributed by atoms with Gasteiger partial charge in [-0.3, -0.25) is 4.98 Å². The molecule has 0 aliphatic carbocycles. The maximum atomic E-state index is 14.3. The first-order valence-corrected chi connectivity index (χ1v) is 6.78.